The van der Waals surface area contributed by atoms with Gasteiger partial charge in [-0.3, -0.25) is 0 Å². The van der Waals surface area contributed by atoms with Crippen LogP contribution in [0, 0.1) is 5.82 Å². The molecule has 0 unspecified atom stereocenters. The van der Waals surface area contributed by atoms with Crippen molar-refractivity contribution in [3.05, 3.63) is 41.7 Å². The Hall–Kier alpha value is -2.44. The summed E-state index contributed by atoms with van der Waals surface area (Å²) in [5, 5.41) is 4.04. The first-order valence-corrected chi connectivity index (χ1v) is 6.09. The molecule has 0 spiro atoms. The minimum atomic E-state index is -0.624. The van der Waals surface area contributed by atoms with Crippen LogP contribution in [-0.4, -0.2) is 20.7 Å². The molecular weight excluding hydrogens is 263 g/mol. The van der Waals surface area contributed by atoms with Crippen molar-refractivity contribution >= 4 is 11.7 Å². The van der Waals surface area contributed by atoms with Crippen LogP contribution < -0.4 is 5.73 Å². The summed E-state index contributed by atoms with van der Waals surface area (Å²) in [7, 11) is 0. The number of nitrogens with two attached hydrogens (primary N) is 1. The van der Waals surface area contributed by atoms with E-state index in [1.165, 1.54) is 12.4 Å². The second-order valence-corrected chi connectivity index (χ2v) is 4.52. The van der Waals surface area contributed by atoms with Gasteiger partial charge in [-0.2, -0.15) is 5.10 Å². The van der Waals surface area contributed by atoms with Gasteiger partial charge in [0.1, 0.15) is 12.1 Å². The van der Waals surface area contributed by atoms with Gasteiger partial charge in [-0.1, -0.05) is 0 Å². The fourth-order valence-corrected chi connectivity index (χ4v) is 1.74. The molecule has 0 bridgehead atoms. The van der Waals surface area contributed by atoms with E-state index < -0.39 is 11.8 Å². The highest BCUT2D eigenvalue weighted by Gasteiger charge is 2.14. The number of esters is 1. The van der Waals surface area contributed by atoms with Gasteiger partial charge in [0.25, 0.3) is 0 Å². The molecule has 2 N–H and O–H groups in total. The number of hydrogen-bond acceptors (Lipinski definition) is 5. The van der Waals surface area contributed by atoms with Crippen LogP contribution in [0.15, 0.2) is 24.5 Å². The van der Waals surface area contributed by atoms with Crippen LogP contribution >= 0.6 is 0 Å². The molecule has 2 rings (SSSR count). The third kappa shape index (κ3) is 2.93. The molecule has 0 amide bonds. The fraction of sp³-hybridized carbons (Fsp3) is 0.308. The van der Waals surface area contributed by atoms with Gasteiger partial charge in [0.2, 0.25) is 0 Å². The molecule has 0 atom stereocenters. The van der Waals surface area contributed by atoms with Crippen molar-refractivity contribution in [2.45, 2.75) is 26.5 Å². The molecular formula is C13H15FN4O2. The largest absolute Gasteiger partial charge is 0.454 e. The Morgan fingerprint density at radius 3 is 2.90 bits per heavy atom. The van der Waals surface area contributed by atoms with Gasteiger partial charge in [-0.05, 0) is 32.0 Å². The minimum absolute atomic E-state index is 0.0200. The Bertz CT molecular complexity index is 625. The third-order valence-electron chi connectivity index (χ3n) is 2.70. The molecule has 7 heteroatoms. The molecule has 106 valence electrons. The summed E-state index contributed by atoms with van der Waals surface area (Å²) in [4.78, 5) is 15.9. The maximum atomic E-state index is 12.9. The van der Waals surface area contributed by atoms with Crippen molar-refractivity contribution in [2.75, 3.05) is 5.73 Å². The average molecular weight is 278 g/mol. The lowest BCUT2D eigenvalue weighted by molar-refractivity contribution is 0.0456. The van der Waals surface area contributed by atoms with Crippen molar-refractivity contribution in [3.8, 4) is 0 Å². The van der Waals surface area contributed by atoms with Crippen molar-refractivity contribution in [3.63, 3.8) is 0 Å². The molecule has 0 saturated heterocycles. The summed E-state index contributed by atoms with van der Waals surface area (Å²) in [5.74, 6) is -0.589. The standard InChI is InChI=1S/C13H15FN4O2/c1-8(2)18-12(16-7-17-18)6-20-13(19)10-4-3-9(14)5-11(10)15/h3-5,7-8H,6,15H2,1-2H3. The SMILES string of the molecule is CC(C)n1ncnc1COC(=O)c1ccc(F)cc1N. The highest BCUT2D eigenvalue weighted by Crippen LogP contribution is 2.15. The molecule has 0 radical (unpaired) electrons. The van der Waals surface area contributed by atoms with Crippen LogP contribution in [0.3, 0.4) is 0 Å². The topological polar surface area (TPSA) is 83.0 Å². The maximum absolute atomic E-state index is 12.9. The van der Waals surface area contributed by atoms with Gasteiger partial charge in [0, 0.05) is 11.7 Å². The van der Waals surface area contributed by atoms with Crippen LogP contribution in [0.25, 0.3) is 0 Å². The number of ether oxygens (including phenoxy) is 1. The Morgan fingerprint density at radius 1 is 1.50 bits per heavy atom. The molecule has 0 fully saturated rings. The number of nitrogen functional groups attached to an aromatic ring is 1. The summed E-state index contributed by atoms with van der Waals surface area (Å²) < 4.78 is 19.7. The van der Waals surface area contributed by atoms with E-state index in [1.807, 2.05) is 13.8 Å². The summed E-state index contributed by atoms with van der Waals surface area (Å²) in [6.07, 6.45) is 1.40. The second-order valence-electron chi connectivity index (χ2n) is 4.52. The van der Waals surface area contributed by atoms with Gasteiger partial charge >= 0.3 is 5.97 Å². The number of halogens is 1. The smallest absolute Gasteiger partial charge is 0.340 e. The Kier molecular flexibility index (Phi) is 3.97. The van der Waals surface area contributed by atoms with Gasteiger partial charge in [0.05, 0.1) is 5.56 Å². The van der Waals surface area contributed by atoms with Gasteiger partial charge in [-0.15, -0.1) is 0 Å². The van der Waals surface area contributed by atoms with E-state index in [1.54, 1.807) is 4.68 Å². The van der Waals surface area contributed by atoms with Gasteiger partial charge in [0.15, 0.2) is 12.4 Å². The highest BCUT2D eigenvalue weighted by molar-refractivity contribution is 5.94. The molecule has 2 aromatic rings. The lowest BCUT2D eigenvalue weighted by atomic mass is 10.2. The van der Waals surface area contributed by atoms with Crippen LogP contribution in [0.1, 0.15) is 36.1 Å². The molecule has 0 aliphatic heterocycles. The Balaban J connectivity index is 2.07. The van der Waals surface area contributed by atoms with E-state index in [9.17, 15) is 9.18 Å². The van der Waals surface area contributed by atoms with E-state index >= 15 is 0 Å². The molecule has 0 aliphatic rings. The number of benzene rings is 1. The van der Waals surface area contributed by atoms with E-state index in [-0.39, 0.29) is 23.9 Å². The number of hydrogen-bond donors (Lipinski definition) is 1. The van der Waals surface area contributed by atoms with E-state index in [0.29, 0.717) is 5.82 Å². The first-order chi connectivity index (χ1) is 9.49. The van der Waals surface area contributed by atoms with Gasteiger partial charge in [-0.25, -0.2) is 18.9 Å². The molecule has 0 aliphatic carbocycles. The average Bonchev–Trinajstić information content (AvgIpc) is 2.84. The van der Waals surface area contributed by atoms with Crippen molar-refractivity contribution < 1.29 is 13.9 Å². The molecule has 1 aromatic heterocycles. The zero-order valence-electron chi connectivity index (χ0n) is 11.2. The Morgan fingerprint density at radius 2 is 2.25 bits per heavy atom. The zero-order valence-corrected chi connectivity index (χ0v) is 11.2. The monoisotopic (exact) mass is 278 g/mol. The molecule has 20 heavy (non-hydrogen) atoms. The predicted octanol–water partition coefficient (Wildman–Crippen LogP) is 1.94. The Labute approximate surface area is 115 Å². The van der Waals surface area contributed by atoms with Crippen LogP contribution in [-0.2, 0) is 11.3 Å². The molecule has 1 aromatic carbocycles. The van der Waals surface area contributed by atoms with Gasteiger partial charge < -0.3 is 10.5 Å². The van der Waals surface area contributed by atoms with Crippen molar-refractivity contribution in [2.24, 2.45) is 0 Å². The highest BCUT2D eigenvalue weighted by atomic mass is 19.1. The summed E-state index contributed by atoms with van der Waals surface area (Å²) in [5.41, 5.74) is 5.74. The fourth-order valence-electron chi connectivity index (χ4n) is 1.74. The maximum Gasteiger partial charge on any atom is 0.340 e. The van der Waals surface area contributed by atoms with Crippen molar-refractivity contribution in [1.29, 1.82) is 0 Å². The number of nitrogens with zero attached hydrogens (tertiary/aromatic N) is 3. The number of rotatable bonds is 4. The van der Waals surface area contributed by atoms with Crippen LogP contribution in [0.4, 0.5) is 10.1 Å². The molecule has 0 saturated carbocycles. The number of carbonyl (C=O) groups is 1. The van der Waals surface area contributed by atoms with Crippen LogP contribution in [0.5, 0.6) is 0 Å². The van der Waals surface area contributed by atoms with E-state index in [0.717, 1.165) is 12.1 Å². The van der Waals surface area contributed by atoms with Crippen LogP contribution in [0.2, 0.25) is 0 Å². The minimum Gasteiger partial charge on any atom is -0.454 e. The predicted molar refractivity (Wildman–Crippen MR) is 70.3 cm³/mol. The number of carbonyl (C=O) groups excluding carboxylic acids is 1. The van der Waals surface area contributed by atoms with E-state index in [2.05, 4.69) is 10.1 Å². The zero-order chi connectivity index (χ0) is 14.7. The third-order valence-corrected chi connectivity index (χ3v) is 2.70. The lowest BCUT2D eigenvalue weighted by Crippen LogP contribution is -2.13. The first-order valence-electron chi connectivity index (χ1n) is 6.09. The summed E-state index contributed by atoms with van der Waals surface area (Å²) in [6.45, 7) is 3.86. The second kappa shape index (κ2) is 5.68. The van der Waals surface area contributed by atoms with E-state index in [4.69, 9.17) is 10.5 Å². The number of anilines is 1. The van der Waals surface area contributed by atoms with Crippen molar-refractivity contribution in [1.82, 2.24) is 14.8 Å². The summed E-state index contributed by atoms with van der Waals surface area (Å²) in [6, 6.07) is 3.64. The summed E-state index contributed by atoms with van der Waals surface area (Å²) >= 11 is 0. The normalized spacial score (nSPS) is 10.8. The molecule has 6 nitrogen and oxygen atoms in total. The number of aromatic nitrogens is 3. The molecule has 1 heterocycles. The lowest BCUT2D eigenvalue weighted by Gasteiger charge is -2.10. The first kappa shape index (κ1) is 14.0. The quantitative estimate of drug-likeness (QED) is 0.682.